The molecule has 4 rings (SSSR count). The normalized spacial score (nSPS) is 10.8. The van der Waals surface area contributed by atoms with Crippen molar-refractivity contribution in [1.82, 2.24) is 10.3 Å². The van der Waals surface area contributed by atoms with E-state index in [0.717, 1.165) is 20.8 Å². The van der Waals surface area contributed by atoms with E-state index in [1.807, 2.05) is 42.5 Å². The zero-order valence-corrected chi connectivity index (χ0v) is 15.9. The molecular formula is C21H17N3O3S. The van der Waals surface area contributed by atoms with Crippen LogP contribution < -0.4 is 10.6 Å². The van der Waals surface area contributed by atoms with Crippen LogP contribution in [0.1, 0.15) is 23.0 Å². The van der Waals surface area contributed by atoms with Crippen LogP contribution in [0.25, 0.3) is 21.0 Å². The lowest BCUT2D eigenvalue weighted by atomic mass is 10.2. The number of nitrogens with zero attached hydrogens (tertiary/aromatic N) is 1. The van der Waals surface area contributed by atoms with Gasteiger partial charge in [-0.05, 0) is 42.0 Å². The highest BCUT2D eigenvalue weighted by Crippen LogP contribution is 2.31. The van der Waals surface area contributed by atoms with Gasteiger partial charge in [-0.2, -0.15) is 0 Å². The van der Waals surface area contributed by atoms with Gasteiger partial charge in [0.05, 0.1) is 10.2 Å². The van der Waals surface area contributed by atoms with Gasteiger partial charge in [-0.3, -0.25) is 9.59 Å². The highest BCUT2D eigenvalue weighted by molar-refractivity contribution is 7.21. The molecule has 0 radical (unpaired) electrons. The molecule has 2 amide bonds. The van der Waals surface area contributed by atoms with Crippen molar-refractivity contribution in [3.63, 3.8) is 0 Å². The van der Waals surface area contributed by atoms with Crippen molar-refractivity contribution in [2.45, 2.75) is 13.5 Å². The number of amides is 2. The largest absolute Gasteiger partial charge is 0.448 e. The van der Waals surface area contributed by atoms with Gasteiger partial charge in [-0.15, -0.1) is 11.3 Å². The summed E-state index contributed by atoms with van der Waals surface area (Å²) in [7, 11) is 0. The van der Waals surface area contributed by atoms with E-state index in [-0.39, 0.29) is 17.6 Å². The molecular weight excluding hydrogens is 374 g/mol. The predicted octanol–water partition coefficient (Wildman–Crippen LogP) is 4.44. The van der Waals surface area contributed by atoms with Gasteiger partial charge in [0.2, 0.25) is 5.91 Å². The van der Waals surface area contributed by atoms with Crippen LogP contribution in [0.3, 0.4) is 0 Å². The Labute approximate surface area is 165 Å². The number of para-hydroxylation sites is 1. The van der Waals surface area contributed by atoms with Gasteiger partial charge in [0.15, 0.2) is 16.5 Å². The topological polar surface area (TPSA) is 84.2 Å². The van der Waals surface area contributed by atoms with Crippen LogP contribution in [-0.2, 0) is 11.3 Å². The van der Waals surface area contributed by atoms with Crippen LogP contribution in [-0.4, -0.2) is 16.8 Å². The van der Waals surface area contributed by atoms with E-state index < -0.39 is 0 Å². The standard InChI is InChI=1S/C21H17N3O3S/c1-13(25)23-15-6-4-5-14(11-15)12-22-20(26)17-9-10-18(27-17)21-24-16-7-2-3-8-19(16)28-21/h2-11H,12H2,1H3,(H,22,26)(H,23,25). The molecule has 0 fully saturated rings. The van der Waals surface area contributed by atoms with Crippen molar-refractivity contribution in [1.29, 1.82) is 0 Å². The summed E-state index contributed by atoms with van der Waals surface area (Å²) in [5.41, 5.74) is 2.47. The Morgan fingerprint density at radius 2 is 1.93 bits per heavy atom. The molecule has 0 aliphatic rings. The lowest BCUT2D eigenvalue weighted by Gasteiger charge is -2.06. The van der Waals surface area contributed by atoms with Gasteiger partial charge in [-0.1, -0.05) is 24.3 Å². The molecule has 2 heterocycles. The number of fused-ring (bicyclic) bond motifs is 1. The second-order valence-corrected chi connectivity index (χ2v) is 7.25. The molecule has 0 aliphatic carbocycles. The SMILES string of the molecule is CC(=O)Nc1cccc(CNC(=O)c2ccc(-c3nc4ccccc4s3)o2)c1. The van der Waals surface area contributed by atoms with Crippen LogP contribution in [0.5, 0.6) is 0 Å². The van der Waals surface area contributed by atoms with E-state index in [9.17, 15) is 9.59 Å². The number of hydrogen-bond acceptors (Lipinski definition) is 5. The number of hydrogen-bond donors (Lipinski definition) is 2. The fourth-order valence-corrected chi connectivity index (χ4v) is 3.71. The minimum atomic E-state index is -0.308. The maximum atomic E-state index is 12.4. The molecule has 2 N–H and O–H groups in total. The van der Waals surface area contributed by atoms with Gasteiger partial charge >= 0.3 is 0 Å². The summed E-state index contributed by atoms with van der Waals surface area (Å²) >= 11 is 1.52. The van der Waals surface area contributed by atoms with Gasteiger partial charge in [0, 0.05) is 19.2 Å². The third-order valence-corrected chi connectivity index (χ3v) is 5.09. The minimum Gasteiger partial charge on any atom is -0.448 e. The van der Waals surface area contributed by atoms with Crippen molar-refractivity contribution < 1.29 is 14.0 Å². The third-order valence-electron chi connectivity index (χ3n) is 4.03. The monoisotopic (exact) mass is 391 g/mol. The minimum absolute atomic E-state index is 0.140. The number of aromatic nitrogens is 1. The van der Waals surface area contributed by atoms with Crippen molar-refractivity contribution in [2.75, 3.05) is 5.32 Å². The number of carbonyl (C=O) groups excluding carboxylic acids is 2. The molecule has 4 aromatic rings. The van der Waals surface area contributed by atoms with E-state index in [0.29, 0.717) is 18.0 Å². The third kappa shape index (κ3) is 3.94. The number of benzene rings is 2. The van der Waals surface area contributed by atoms with Crippen molar-refractivity contribution in [3.05, 3.63) is 72.0 Å². The molecule has 140 valence electrons. The van der Waals surface area contributed by atoms with E-state index in [1.165, 1.54) is 18.3 Å². The maximum absolute atomic E-state index is 12.4. The van der Waals surface area contributed by atoms with E-state index in [4.69, 9.17) is 4.42 Å². The lowest BCUT2D eigenvalue weighted by Crippen LogP contribution is -2.22. The van der Waals surface area contributed by atoms with Crippen LogP contribution in [0, 0.1) is 0 Å². The van der Waals surface area contributed by atoms with Gasteiger partial charge in [-0.25, -0.2) is 4.98 Å². The van der Waals surface area contributed by atoms with E-state index in [2.05, 4.69) is 15.6 Å². The Kier molecular flexibility index (Phi) is 4.90. The maximum Gasteiger partial charge on any atom is 0.287 e. The summed E-state index contributed by atoms with van der Waals surface area (Å²) in [4.78, 5) is 28.1. The summed E-state index contributed by atoms with van der Waals surface area (Å²) in [6.45, 7) is 1.78. The first-order chi connectivity index (χ1) is 13.6. The predicted molar refractivity (Wildman–Crippen MR) is 109 cm³/mol. The second kappa shape index (κ2) is 7.66. The molecule has 2 aromatic carbocycles. The van der Waals surface area contributed by atoms with Crippen LogP contribution in [0.2, 0.25) is 0 Å². The van der Waals surface area contributed by atoms with Crippen LogP contribution in [0.4, 0.5) is 5.69 Å². The summed E-state index contributed by atoms with van der Waals surface area (Å²) in [5, 5.41) is 6.28. The number of anilines is 1. The van der Waals surface area contributed by atoms with Crippen LogP contribution >= 0.6 is 11.3 Å². The first kappa shape index (κ1) is 17.9. The highest BCUT2D eigenvalue weighted by Gasteiger charge is 2.15. The molecule has 6 nitrogen and oxygen atoms in total. The van der Waals surface area contributed by atoms with Gasteiger partial charge < -0.3 is 15.1 Å². The number of carbonyl (C=O) groups is 2. The second-order valence-electron chi connectivity index (χ2n) is 6.21. The zero-order chi connectivity index (χ0) is 19.5. The Bertz CT molecular complexity index is 1130. The molecule has 7 heteroatoms. The molecule has 2 aromatic heterocycles. The molecule has 0 saturated carbocycles. The molecule has 0 atom stereocenters. The average Bonchev–Trinajstić information content (AvgIpc) is 3.32. The Hall–Kier alpha value is -3.45. The Morgan fingerprint density at radius 3 is 2.75 bits per heavy atom. The highest BCUT2D eigenvalue weighted by atomic mass is 32.1. The first-order valence-corrected chi connectivity index (χ1v) is 9.50. The zero-order valence-electron chi connectivity index (χ0n) is 15.1. The fourth-order valence-electron chi connectivity index (χ4n) is 2.78. The van der Waals surface area contributed by atoms with E-state index in [1.54, 1.807) is 18.2 Å². The summed E-state index contributed by atoms with van der Waals surface area (Å²) in [6, 6.07) is 18.6. The van der Waals surface area contributed by atoms with E-state index >= 15 is 0 Å². The lowest BCUT2D eigenvalue weighted by molar-refractivity contribution is -0.114. The Balaban J connectivity index is 1.44. The number of thiazole rings is 1. The molecule has 0 bridgehead atoms. The van der Waals surface area contributed by atoms with Crippen molar-refractivity contribution in [3.8, 4) is 10.8 Å². The summed E-state index contributed by atoms with van der Waals surface area (Å²) < 4.78 is 6.77. The molecule has 0 aliphatic heterocycles. The molecule has 0 saturated heterocycles. The van der Waals surface area contributed by atoms with Gasteiger partial charge in [0.25, 0.3) is 5.91 Å². The molecule has 0 unspecified atom stereocenters. The van der Waals surface area contributed by atoms with Gasteiger partial charge in [0.1, 0.15) is 0 Å². The first-order valence-electron chi connectivity index (χ1n) is 8.69. The number of rotatable bonds is 5. The Morgan fingerprint density at radius 1 is 1.07 bits per heavy atom. The van der Waals surface area contributed by atoms with Crippen LogP contribution in [0.15, 0.2) is 65.1 Å². The molecule has 0 spiro atoms. The number of nitrogens with one attached hydrogen (secondary N) is 2. The fraction of sp³-hybridized carbons (Fsp3) is 0.0952. The van der Waals surface area contributed by atoms with Crippen molar-refractivity contribution in [2.24, 2.45) is 0 Å². The number of furan rings is 1. The smallest absolute Gasteiger partial charge is 0.287 e. The average molecular weight is 391 g/mol. The summed E-state index contributed by atoms with van der Waals surface area (Å²) in [5.74, 6) is 0.350. The summed E-state index contributed by atoms with van der Waals surface area (Å²) in [6.07, 6.45) is 0. The molecule has 28 heavy (non-hydrogen) atoms. The van der Waals surface area contributed by atoms with Crippen molar-refractivity contribution >= 4 is 39.1 Å². The quantitative estimate of drug-likeness (QED) is 0.527.